The fraction of sp³-hybridized carbons (Fsp3) is 0.500. The Bertz CT molecular complexity index is 822. The summed E-state index contributed by atoms with van der Waals surface area (Å²) >= 11 is 0. The number of carbonyl (C=O) groups is 1. The Morgan fingerprint density at radius 1 is 0.893 bits per heavy atom. The first-order chi connectivity index (χ1) is 13.4. The Kier molecular flexibility index (Phi) is 3.98. The number of benzene rings is 2. The zero-order valence-corrected chi connectivity index (χ0v) is 17.1. The largest absolute Gasteiger partial charge is 0.461 e. The molecule has 0 aliphatic heterocycles. The molecule has 0 heterocycles. The molecule has 28 heavy (non-hydrogen) atoms. The SMILES string of the molecule is CC1(C)[C@@H]2CC[C@@](C)(C2)[C@H]1OC(=O)C1[C@H](c2ccccc2)[C@H]1c1ccccc1. The van der Waals surface area contributed by atoms with Crippen molar-refractivity contribution in [1.82, 2.24) is 0 Å². The van der Waals surface area contributed by atoms with E-state index in [-0.39, 0.29) is 40.7 Å². The molecule has 2 nitrogen and oxygen atoms in total. The van der Waals surface area contributed by atoms with Gasteiger partial charge in [-0.2, -0.15) is 0 Å². The van der Waals surface area contributed by atoms with Gasteiger partial charge in [0.2, 0.25) is 0 Å². The summed E-state index contributed by atoms with van der Waals surface area (Å²) < 4.78 is 6.35. The minimum atomic E-state index is -0.0664. The van der Waals surface area contributed by atoms with Crippen LogP contribution in [0.5, 0.6) is 0 Å². The molecule has 2 bridgehead atoms. The van der Waals surface area contributed by atoms with Crippen molar-refractivity contribution in [2.45, 2.75) is 58.0 Å². The van der Waals surface area contributed by atoms with Crippen molar-refractivity contribution in [3.05, 3.63) is 71.8 Å². The molecular weight excluding hydrogens is 344 g/mol. The van der Waals surface area contributed by atoms with Gasteiger partial charge in [-0.05, 0) is 36.3 Å². The first-order valence-corrected chi connectivity index (χ1v) is 10.7. The molecule has 3 saturated carbocycles. The molecule has 2 aromatic rings. The van der Waals surface area contributed by atoms with Gasteiger partial charge in [0.15, 0.2) is 0 Å². The molecule has 0 spiro atoms. The van der Waals surface area contributed by atoms with Gasteiger partial charge >= 0.3 is 5.97 Å². The van der Waals surface area contributed by atoms with Gasteiger partial charge in [-0.3, -0.25) is 4.79 Å². The average molecular weight is 375 g/mol. The number of rotatable bonds is 4. The second-order valence-electron chi connectivity index (χ2n) is 10.1. The molecule has 5 rings (SSSR count). The molecule has 146 valence electrons. The van der Waals surface area contributed by atoms with Crippen LogP contribution in [0.2, 0.25) is 0 Å². The van der Waals surface area contributed by atoms with Crippen LogP contribution >= 0.6 is 0 Å². The number of esters is 1. The van der Waals surface area contributed by atoms with Crippen molar-refractivity contribution in [2.24, 2.45) is 22.7 Å². The van der Waals surface area contributed by atoms with E-state index in [9.17, 15) is 4.79 Å². The van der Waals surface area contributed by atoms with E-state index in [0.29, 0.717) is 5.92 Å². The summed E-state index contributed by atoms with van der Waals surface area (Å²) in [6.07, 6.45) is 3.71. The van der Waals surface area contributed by atoms with Crippen molar-refractivity contribution < 1.29 is 9.53 Å². The van der Waals surface area contributed by atoms with E-state index in [1.807, 2.05) is 12.1 Å². The van der Waals surface area contributed by atoms with Crippen LogP contribution in [-0.4, -0.2) is 12.1 Å². The van der Waals surface area contributed by atoms with Gasteiger partial charge in [-0.15, -0.1) is 0 Å². The predicted octanol–water partition coefficient (Wildman–Crippen LogP) is 5.94. The lowest BCUT2D eigenvalue weighted by atomic mass is 9.70. The molecule has 0 aromatic heterocycles. The third kappa shape index (κ3) is 2.64. The molecule has 3 fully saturated rings. The van der Waals surface area contributed by atoms with Gasteiger partial charge in [-0.1, -0.05) is 81.4 Å². The van der Waals surface area contributed by atoms with E-state index in [2.05, 4.69) is 69.3 Å². The Morgan fingerprint density at radius 3 is 1.89 bits per heavy atom. The lowest BCUT2D eigenvalue weighted by Gasteiger charge is -2.41. The topological polar surface area (TPSA) is 26.3 Å². The summed E-state index contributed by atoms with van der Waals surface area (Å²) in [7, 11) is 0. The lowest BCUT2D eigenvalue weighted by molar-refractivity contribution is -0.166. The molecule has 0 unspecified atom stereocenters. The maximum atomic E-state index is 13.4. The molecular formula is C26H30O2. The van der Waals surface area contributed by atoms with Gasteiger partial charge in [0.05, 0.1) is 5.92 Å². The maximum Gasteiger partial charge on any atom is 0.310 e. The molecule has 3 aliphatic carbocycles. The highest BCUT2D eigenvalue weighted by Crippen LogP contribution is 2.65. The minimum Gasteiger partial charge on any atom is -0.461 e. The van der Waals surface area contributed by atoms with Crippen LogP contribution in [0.3, 0.4) is 0 Å². The number of fused-ring (bicyclic) bond motifs is 2. The monoisotopic (exact) mass is 374 g/mol. The lowest BCUT2D eigenvalue weighted by Crippen LogP contribution is -2.44. The summed E-state index contributed by atoms with van der Waals surface area (Å²) in [5, 5.41) is 0. The third-order valence-corrected chi connectivity index (χ3v) is 8.03. The zero-order chi connectivity index (χ0) is 19.5. The number of hydrogen-bond donors (Lipinski definition) is 0. The van der Waals surface area contributed by atoms with E-state index < -0.39 is 0 Å². The molecule has 3 aliphatic rings. The normalized spacial score (nSPS) is 37.6. The minimum absolute atomic E-state index is 0.00885. The van der Waals surface area contributed by atoms with Crippen LogP contribution in [0.25, 0.3) is 0 Å². The van der Waals surface area contributed by atoms with Crippen LogP contribution in [0.4, 0.5) is 0 Å². The smallest absolute Gasteiger partial charge is 0.310 e. The Hall–Kier alpha value is -2.09. The highest BCUT2D eigenvalue weighted by molar-refractivity contribution is 5.80. The van der Waals surface area contributed by atoms with Crippen molar-refractivity contribution >= 4 is 5.97 Å². The Morgan fingerprint density at radius 2 is 1.43 bits per heavy atom. The molecule has 2 aromatic carbocycles. The van der Waals surface area contributed by atoms with Crippen molar-refractivity contribution in [1.29, 1.82) is 0 Å². The highest BCUT2D eigenvalue weighted by Gasteiger charge is 2.63. The summed E-state index contributed by atoms with van der Waals surface area (Å²) in [6, 6.07) is 20.9. The van der Waals surface area contributed by atoms with E-state index in [1.54, 1.807) is 0 Å². The summed E-state index contributed by atoms with van der Waals surface area (Å²) in [5.41, 5.74) is 2.74. The molecule has 0 radical (unpaired) electrons. The molecule has 0 amide bonds. The van der Waals surface area contributed by atoms with Gasteiger partial charge in [0.25, 0.3) is 0 Å². The van der Waals surface area contributed by atoms with E-state index >= 15 is 0 Å². The Balaban J connectivity index is 1.42. The number of carbonyl (C=O) groups excluding carboxylic acids is 1. The summed E-state index contributed by atoms with van der Waals surface area (Å²) in [5.74, 6) is 1.08. The molecule has 2 heteroatoms. The van der Waals surface area contributed by atoms with Gasteiger partial charge < -0.3 is 4.74 Å². The first kappa shape index (κ1) is 18.0. The fourth-order valence-electron chi connectivity index (χ4n) is 6.53. The average Bonchev–Trinajstić information content (AvgIpc) is 3.27. The van der Waals surface area contributed by atoms with Crippen LogP contribution < -0.4 is 0 Å². The van der Waals surface area contributed by atoms with Crippen molar-refractivity contribution in [3.63, 3.8) is 0 Å². The van der Waals surface area contributed by atoms with Crippen molar-refractivity contribution in [2.75, 3.05) is 0 Å². The summed E-state index contributed by atoms with van der Waals surface area (Å²) in [6.45, 7) is 6.93. The standard InChI is InChI=1S/C26H30O2/c1-25(2)19-14-15-26(3,16-19)24(25)28-23(27)22-20(17-10-6-4-7-11-17)21(22)18-12-8-5-9-13-18/h4-13,19-22,24H,14-16H2,1-3H3/t19-,20-,21-,24+,26+/m1/s1. The van der Waals surface area contributed by atoms with Crippen LogP contribution in [0, 0.1) is 22.7 Å². The van der Waals surface area contributed by atoms with Crippen LogP contribution in [0.1, 0.15) is 63.0 Å². The molecule has 0 saturated heterocycles. The third-order valence-electron chi connectivity index (χ3n) is 8.03. The van der Waals surface area contributed by atoms with Crippen LogP contribution in [-0.2, 0) is 9.53 Å². The van der Waals surface area contributed by atoms with Gasteiger partial charge in [0.1, 0.15) is 6.10 Å². The van der Waals surface area contributed by atoms with Crippen molar-refractivity contribution in [3.8, 4) is 0 Å². The second kappa shape index (κ2) is 6.20. The van der Waals surface area contributed by atoms with Gasteiger partial charge in [0, 0.05) is 22.7 Å². The molecule has 0 N–H and O–H groups in total. The fourth-order valence-corrected chi connectivity index (χ4v) is 6.53. The molecule has 5 atom stereocenters. The van der Waals surface area contributed by atoms with Gasteiger partial charge in [-0.25, -0.2) is 0 Å². The first-order valence-electron chi connectivity index (χ1n) is 10.7. The highest BCUT2D eigenvalue weighted by atomic mass is 16.5. The van der Waals surface area contributed by atoms with E-state index in [1.165, 1.54) is 30.4 Å². The number of ether oxygens (including phenoxy) is 1. The zero-order valence-electron chi connectivity index (χ0n) is 17.1. The van der Waals surface area contributed by atoms with E-state index in [4.69, 9.17) is 4.74 Å². The van der Waals surface area contributed by atoms with Crippen LogP contribution in [0.15, 0.2) is 60.7 Å². The van der Waals surface area contributed by atoms with E-state index in [0.717, 1.165) is 0 Å². The summed E-state index contributed by atoms with van der Waals surface area (Å²) in [4.78, 5) is 13.4. The maximum absolute atomic E-state index is 13.4. The second-order valence-corrected chi connectivity index (χ2v) is 10.1. The predicted molar refractivity (Wildman–Crippen MR) is 111 cm³/mol. The quantitative estimate of drug-likeness (QED) is 0.619. The Labute approximate surface area is 168 Å². The number of hydrogen-bond acceptors (Lipinski definition) is 2.